The Kier molecular flexibility index (Phi) is 4.52. The van der Waals surface area contributed by atoms with Crippen molar-refractivity contribution in [1.82, 2.24) is 10.3 Å². The van der Waals surface area contributed by atoms with Gasteiger partial charge in [0.1, 0.15) is 0 Å². The molecule has 1 aromatic heterocycles. The van der Waals surface area contributed by atoms with Crippen molar-refractivity contribution in [2.45, 2.75) is 12.5 Å². The number of nitrogens with one attached hydrogen (secondary N) is 1. The Labute approximate surface area is 139 Å². The van der Waals surface area contributed by atoms with E-state index in [0.29, 0.717) is 5.56 Å². The van der Waals surface area contributed by atoms with E-state index in [2.05, 4.69) is 10.3 Å². The summed E-state index contributed by atoms with van der Waals surface area (Å²) in [6.07, 6.45) is 1.52. The molecule has 0 aliphatic carbocycles. The van der Waals surface area contributed by atoms with Crippen molar-refractivity contribution in [2.24, 2.45) is 0 Å². The van der Waals surface area contributed by atoms with Crippen molar-refractivity contribution in [3.8, 4) is 0 Å². The summed E-state index contributed by atoms with van der Waals surface area (Å²) in [6, 6.07) is 17.4. The van der Waals surface area contributed by atoms with Crippen LogP contribution in [0.25, 0.3) is 10.9 Å². The molecule has 0 unspecified atom stereocenters. The van der Waals surface area contributed by atoms with Crippen LogP contribution in [0.15, 0.2) is 66.9 Å². The summed E-state index contributed by atoms with van der Waals surface area (Å²) in [4.78, 5) is 27.9. The molecule has 2 aromatic carbocycles. The van der Waals surface area contributed by atoms with Crippen LogP contribution in [-0.2, 0) is 4.79 Å². The maximum atomic E-state index is 12.5. The normalized spacial score (nSPS) is 11.8. The first-order valence-corrected chi connectivity index (χ1v) is 7.56. The topological polar surface area (TPSA) is 79.3 Å². The van der Waals surface area contributed by atoms with Crippen molar-refractivity contribution >= 4 is 22.8 Å². The number of aliphatic carboxylic acids is 1. The third-order valence-corrected chi connectivity index (χ3v) is 3.75. The fourth-order valence-electron chi connectivity index (χ4n) is 2.57. The van der Waals surface area contributed by atoms with Crippen LogP contribution < -0.4 is 5.32 Å². The molecule has 0 fully saturated rings. The zero-order chi connectivity index (χ0) is 16.9. The van der Waals surface area contributed by atoms with Crippen LogP contribution in [0.3, 0.4) is 0 Å². The van der Waals surface area contributed by atoms with Crippen molar-refractivity contribution in [1.29, 1.82) is 0 Å². The Morgan fingerprint density at radius 1 is 1.04 bits per heavy atom. The number of rotatable bonds is 5. The number of aromatic nitrogens is 1. The van der Waals surface area contributed by atoms with Crippen LogP contribution in [-0.4, -0.2) is 22.0 Å². The number of fused-ring (bicyclic) bond motifs is 1. The fourth-order valence-corrected chi connectivity index (χ4v) is 2.57. The van der Waals surface area contributed by atoms with E-state index in [0.717, 1.165) is 16.5 Å². The van der Waals surface area contributed by atoms with E-state index < -0.39 is 12.0 Å². The summed E-state index contributed by atoms with van der Waals surface area (Å²) in [6.45, 7) is 0. The molecule has 0 aliphatic rings. The van der Waals surface area contributed by atoms with Gasteiger partial charge in [0, 0.05) is 17.1 Å². The lowest BCUT2D eigenvalue weighted by Crippen LogP contribution is -2.30. The number of hydrogen-bond donors (Lipinski definition) is 2. The SMILES string of the molecule is O=C(O)C[C@@H](NC(=O)c1ccc2ncccc2c1)c1ccccc1. The summed E-state index contributed by atoms with van der Waals surface area (Å²) < 4.78 is 0. The average molecular weight is 320 g/mol. The molecule has 0 radical (unpaired) electrons. The molecule has 1 heterocycles. The lowest BCUT2D eigenvalue weighted by atomic mass is 10.0. The zero-order valence-electron chi connectivity index (χ0n) is 12.8. The summed E-state index contributed by atoms with van der Waals surface area (Å²) in [5.41, 5.74) is 2.04. The number of carboxylic acid groups (broad SMARTS) is 1. The summed E-state index contributed by atoms with van der Waals surface area (Å²) in [7, 11) is 0. The minimum atomic E-state index is -0.966. The van der Waals surface area contributed by atoms with Gasteiger partial charge < -0.3 is 10.4 Å². The smallest absolute Gasteiger partial charge is 0.305 e. The molecule has 0 aliphatic heterocycles. The Hall–Kier alpha value is -3.21. The molecule has 3 rings (SSSR count). The highest BCUT2D eigenvalue weighted by molar-refractivity contribution is 5.98. The van der Waals surface area contributed by atoms with E-state index in [1.54, 1.807) is 42.6 Å². The lowest BCUT2D eigenvalue weighted by Gasteiger charge is -2.17. The van der Waals surface area contributed by atoms with E-state index in [9.17, 15) is 9.59 Å². The Morgan fingerprint density at radius 2 is 1.83 bits per heavy atom. The predicted octanol–water partition coefficient (Wildman–Crippen LogP) is 3.18. The Balaban J connectivity index is 1.85. The maximum absolute atomic E-state index is 12.5. The van der Waals surface area contributed by atoms with Gasteiger partial charge >= 0.3 is 5.97 Å². The third-order valence-electron chi connectivity index (χ3n) is 3.75. The minimum Gasteiger partial charge on any atom is -0.481 e. The average Bonchev–Trinajstić information content (AvgIpc) is 2.61. The number of carbonyl (C=O) groups excluding carboxylic acids is 1. The monoisotopic (exact) mass is 320 g/mol. The third kappa shape index (κ3) is 3.57. The first-order chi connectivity index (χ1) is 11.6. The molecule has 24 heavy (non-hydrogen) atoms. The number of amides is 1. The van der Waals surface area contributed by atoms with Crippen LogP contribution in [0, 0.1) is 0 Å². The fraction of sp³-hybridized carbons (Fsp3) is 0.105. The molecule has 1 amide bonds. The van der Waals surface area contributed by atoms with Gasteiger partial charge in [-0.1, -0.05) is 36.4 Å². The summed E-state index contributed by atoms with van der Waals surface area (Å²) >= 11 is 0. The van der Waals surface area contributed by atoms with Crippen molar-refractivity contribution in [3.63, 3.8) is 0 Å². The van der Waals surface area contributed by atoms with Crippen LogP contribution in [0.2, 0.25) is 0 Å². The lowest BCUT2D eigenvalue weighted by molar-refractivity contribution is -0.137. The largest absolute Gasteiger partial charge is 0.481 e. The van der Waals surface area contributed by atoms with Gasteiger partial charge in [-0.2, -0.15) is 0 Å². The molecular formula is C19H16N2O3. The molecule has 0 spiro atoms. The molecule has 0 saturated carbocycles. The van der Waals surface area contributed by atoms with Gasteiger partial charge in [-0.15, -0.1) is 0 Å². The van der Waals surface area contributed by atoms with Crippen LogP contribution in [0.5, 0.6) is 0 Å². The standard InChI is InChI=1S/C19H16N2O3/c22-18(23)12-17(13-5-2-1-3-6-13)21-19(24)15-8-9-16-14(11-15)7-4-10-20-16/h1-11,17H,12H2,(H,21,24)(H,22,23)/t17-/m1/s1. The minimum absolute atomic E-state index is 0.176. The molecular weight excluding hydrogens is 304 g/mol. The van der Waals surface area contributed by atoms with E-state index in [1.165, 1.54) is 0 Å². The summed E-state index contributed by atoms with van der Waals surface area (Å²) in [5.74, 6) is -1.28. The van der Waals surface area contributed by atoms with Gasteiger partial charge in [-0.05, 0) is 29.8 Å². The van der Waals surface area contributed by atoms with Crippen LogP contribution >= 0.6 is 0 Å². The van der Waals surface area contributed by atoms with Crippen LogP contribution in [0.1, 0.15) is 28.4 Å². The highest BCUT2D eigenvalue weighted by Crippen LogP contribution is 2.19. The van der Waals surface area contributed by atoms with Gasteiger partial charge in [0.15, 0.2) is 0 Å². The Bertz CT molecular complexity index is 878. The highest BCUT2D eigenvalue weighted by atomic mass is 16.4. The molecule has 5 nitrogen and oxygen atoms in total. The maximum Gasteiger partial charge on any atom is 0.305 e. The van der Waals surface area contributed by atoms with Crippen LogP contribution in [0.4, 0.5) is 0 Å². The van der Waals surface area contributed by atoms with Gasteiger partial charge in [0.05, 0.1) is 18.0 Å². The molecule has 0 saturated heterocycles. The number of pyridine rings is 1. The van der Waals surface area contributed by atoms with Gasteiger partial charge in [-0.25, -0.2) is 0 Å². The zero-order valence-corrected chi connectivity index (χ0v) is 12.8. The highest BCUT2D eigenvalue weighted by Gasteiger charge is 2.19. The second-order valence-electron chi connectivity index (χ2n) is 5.45. The van der Waals surface area contributed by atoms with Gasteiger partial charge in [0.2, 0.25) is 0 Å². The number of carbonyl (C=O) groups is 2. The predicted molar refractivity (Wildman–Crippen MR) is 90.6 cm³/mol. The number of hydrogen-bond acceptors (Lipinski definition) is 3. The Morgan fingerprint density at radius 3 is 2.58 bits per heavy atom. The molecule has 5 heteroatoms. The molecule has 2 N–H and O–H groups in total. The number of benzene rings is 2. The summed E-state index contributed by atoms with van der Waals surface area (Å²) in [5, 5.41) is 12.8. The van der Waals surface area contributed by atoms with Gasteiger partial charge in [0.25, 0.3) is 5.91 Å². The van der Waals surface area contributed by atoms with E-state index in [4.69, 9.17) is 5.11 Å². The van der Waals surface area contributed by atoms with Crippen molar-refractivity contribution in [2.75, 3.05) is 0 Å². The van der Waals surface area contributed by atoms with E-state index >= 15 is 0 Å². The van der Waals surface area contributed by atoms with E-state index in [-0.39, 0.29) is 12.3 Å². The van der Waals surface area contributed by atoms with Crippen molar-refractivity contribution in [3.05, 3.63) is 78.0 Å². The second-order valence-corrected chi connectivity index (χ2v) is 5.45. The molecule has 120 valence electrons. The second kappa shape index (κ2) is 6.91. The molecule has 0 bridgehead atoms. The first kappa shape index (κ1) is 15.7. The molecule has 3 aromatic rings. The van der Waals surface area contributed by atoms with Gasteiger partial charge in [-0.3, -0.25) is 14.6 Å². The molecule has 1 atom stereocenters. The quantitative estimate of drug-likeness (QED) is 0.757. The number of nitrogens with zero attached hydrogens (tertiary/aromatic N) is 1. The van der Waals surface area contributed by atoms with Crippen molar-refractivity contribution < 1.29 is 14.7 Å². The van der Waals surface area contributed by atoms with E-state index in [1.807, 2.05) is 24.3 Å². The number of carboxylic acids is 1. The first-order valence-electron chi connectivity index (χ1n) is 7.56.